The van der Waals surface area contributed by atoms with E-state index in [-0.39, 0.29) is 28.0 Å². The lowest BCUT2D eigenvalue weighted by molar-refractivity contribution is -0.0511. The van der Waals surface area contributed by atoms with E-state index in [1.165, 1.54) is 31.4 Å². The van der Waals surface area contributed by atoms with E-state index in [9.17, 15) is 18.4 Å². The Labute approximate surface area is 156 Å². The molecule has 0 aliphatic carbocycles. The van der Waals surface area contributed by atoms with E-state index in [2.05, 4.69) is 14.7 Å². The third-order valence-electron chi connectivity index (χ3n) is 3.69. The molecule has 3 aromatic rings. The first-order valence-corrected chi connectivity index (χ1v) is 8.02. The van der Waals surface area contributed by atoms with E-state index in [0.717, 1.165) is 0 Å². The molecule has 0 atom stereocenters. The van der Waals surface area contributed by atoms with Gasteiger partial charge < -0.3 is 19.4 Å². The minimum atomic E-state index is -3.05. The molecule has 9 heteroatoms. The van der Waals surface area contributed by atoms with Crippen LogP contribution in [0.2, 0.25) is 5.02 Å². The number of carbonyl (C=O) groups excluding carboxylic acids is 1. The molecule has 0 fully saturated rings. The van der Waals surface area contributed by atoms with Crippen molar-refractivity contribution in [2.75, 3.05) is 7.11 Å². The summed E-state index contributed by atoms with van der Waals surface area (Å²) in [6.45, 7) is -3.05. The number of alkyl halides is 2. The number of ketones is 1. The lowest BCUT2D eigenvalue weighted by Crippen LogP contribution is -2.04. The molecule has 0 spiro atoms. The third-order valence-corrected chi connectivity index (χ3v) is 3.97. The number of rotatable bonds is 6. The lowest BCUT2D eigenvalue weighted by atomic mass is 10.1. The molecule has 0 aliphatic heterocycles. The molecule has 0 aliphatic rings. The zero-order chi connectivity index (χ0) is 19.6. The Balaban J connectivity index is 1.86. The number of hydrogen-bond acceptors (Lipinski definition) is 4. The van der Waals surface area contributed by atoms with Crippen LogP contribution in [0.15, 0.2) is 41.2 Å². The zero-order valence-electron chi connectivity index (χ0n) is 13.9. The fraction of sp³-hybridized carbons (Fsp3) is 0.111. The minimum Gasteiger partial charge on any atom is -0.493 e. The molecule has 1 heterocycles. The highest BCUT2D eigenvalue weighted by Crippen LogP contribution is 2.37. The van der Waals surface area contributed by atoms with Gasteiger partial charge in [-0.2, -0.15) is 8.78 Å². The van der Waals surface area contributed by atoms with Crippen LogP contribution in [-0.2, 0) is 0 Å². The molecule has 0 saturated carbocycles. The zero-order valence-corrected chi connectivity index (χ0v) is 14.6. The van der Waals surface area contributed by atoms with Gasteiger partial charge in [-0.3, -0.25) is 4.79 Å². The number of aromatic amines is 2. The smallest absolute Gasteiger partial charge is 0.387 e. The van der Waals surface area contributed by atoms with Gasteiger partial charge in [0.05, 0.1) is 23.2 Å². The molecule has 2 aromatic carbocycles. The number of nitrogens with one attached hydrogen (secondary N) is 2. The van der Waals surface area contributed by atoms with Crippen LogP contribution in [0.4, 0.5) is 8.78 Å². The van der Waals surface area contributed by atoms with E-state index in [0.29, 0.717) is 22.2 Å². The second-order valence-corrected chi connectivity index (χ2v) is 5.86. The average Bonchev–Trinajstić information content (AvgIpc) is 3.00. The van der Waals surface area contributed by atoms with Gasteiger partial charge in [-0.15, -0.1) is 0 Å². The van der Waals surface area contributed by atoms with Crippen LogP contribution in [-0.4, -0.2) is 29.5 Å². The number of benzene rings is 2. The first-order valence-electron chi connectivity index (χ1n) is 7.64. The summed E-state index contributed by atoms with van der Waals surface area (Å²) in [7, 11) is 1.29. The molecule has 3 rings (SSSR count). The molecule has 0 saturated heterocycles. The molecule has 1 aromatic heterocycles. The first-order chi connectivity index (χ1) is 12.9. The van der Waals surface area contributed by atoms with Crippen LogP contribution in [0.1, 0.15) is 15.9 Å². The van der Waals surface area contributed by atoms with Gasteiger partial charge in [0, 0.05) is 5.56 Å². The summed E-state index contributed by atoms with van der Waals surface area (Å²) in [5, 5.41) is -0.0759. The molecule has 6 nitrogen and oxygen atoms in total. The van der Waals surface area contributed by atoms with Gasteiger partial charge in [-0.05, 0) is 42.0 Å². The van der Waals surface area contributed by atoms with Crippen molar-refractivity contribution in [2.24, 2.45) is 0 Å². The van der Waals surface area contributed by atoms with E-state index in [1.807, 2.05) is 0 Å². The van der Waals surface area contributed by atoms with Crippen LogP contribution < -0.4 is 15.2 Å². The fourth-order valence-electron chi connectivity index (χ4n) is 2.49. The number of hydrogen-bond donors (Lipinski definition) is 2. The maximum atomic E-state index is 12.5. The standard InChI is InChI=1S/C18H13ClF2N2O4/c1-26-15-7-9(6-11(19)16(15)27-17(20)21)2-5-14(24)10-3-4-12-13(8-10)23-18(25)22-12/h2-8,17H,1H3,(H2,22,23,25)/b5-2+. The van der Waals surface area contributed by atoms with E-state index in [1.54, 1.807) is 18.2 Å². The highest BCUT2D eigenvalue weighted by atomic mass is 35.5. The van der Waals surface area contributed by atoms with Gasteiger partial charge in [0.2, 0.25) is 0 Å². The molecule has 0 bridgehead atoms. The van der Waals surface area contributed by atoms with Crippen LogP contribution in [0, 0.1) is 0 Å². The highest BCUT2D eigenvalue weighted by molar-refractivity contribution is 6.32. The van der Waals surface area contributed by atoms with Crippen molar-refractivity contribution in [1.29, 1.82) is 0 Å². The van der Waals surface area contributed by atoms with E-state index < -0.39 is 6.61 Å². The molecule has 2 N–H and O–H groups in total. The van der Waals surface area contributed by atoms with Crippen LogP contribution in [0.25, 0.3) is 17.1 Å². The van der Waals surface area contributed by atoms with Gasteiger partial charge in [0.25, 0.3) is 0 Å². The normalized spacial score (nSPS) is 11.4. The quantitative estimate of drug-likeness (QED) is 0.488. The number of H-pyrrole nitrogens is 2. The Morgan fingerprint density at radius 3 is 2.63 bits per heavy atom. The number of carbonyl (C=O) groups is 1. The fourth-order valence-corrected chi connectivity index (χ4v) is 2.76. The highest BCUT2D eigenvalue weighted by Gasteiger charge is 2.15. The summed E-state index contributed by atoms with van der Waals surface area (Å²) in [6.07, 6.45) is 2.76. The van der Waals surface area contributed by atoms with Gasteiger partial charge >= 0.3 is 12.3 Å². The summed E-state index contributed by atoms with van der Waals surface area (Å²) in [6, 6.07) is 7.53. The summed E-state index contributed by atoms with van der Waals surface area (Å²) < 4.78 is 34.3. The number of aromatic nitrogens is 2. The second kappa shape index (κ2) is 7.63. The number of fused-ring (bicyclic) bond motifs is 1. The van der Waals surface area contributed by atoms with Crippen molar-refractivity contribution >= 4 is 34.5 Å². The number of methoxy groups -OCH3 is 1. The van der Waals surface area contributed by atoms with Gasteiger partial charge in [-0.1, -0.05) is 17.7 Å². The Bertz CT molecular complexity index is 1090. The van der Waals surface area contributed by atoms with Crippen molar-refractivity contribution in [2.45, 2.75) is 6.61 Å². The Hall–Kier alpha value is -3.13. The molecule has 27 heavy (non-hydrogen) atoms. The maximum Gasteiger partial charge on any atom is 0.387 e. The molecule has 0 unspecified atom stereocenters. The van der Waals surface area contributed by atoms with Gasteiger partial charge in [0.1, 0.15) is 0 Å². The van der Waals surface area contributed by atoms with Crippen molar-refractivity contribution in [3.8, 4) is 11.5 Å². The van der Waals surface area contributed by atoms with Gasteiger partial charge in [0.15, 0.2) is 17.3 Å². The molecule has 140 valence electrons. The molecular formula is C18H13ClF2N2O4. The minimum absolute atomic E-state index is 0.0150. The van der Waals surface area contributed by atoms with Crippen molar-refractivity contribution < 1.29 is 23.0 Å². The summed E-state index contributed by atoms with van der Waals surface area (Å²) >= 11 is 5.96. The van der Waals surface area contributed by atoms with E-state index >= 15 is 0 Å². The largest absolute Gasteiger partial charge is 0.493 e. The van der Waals surface area contributed by atoms with E-state index in [4.69, 9.17) is 16.3 Å². The van der Waals surface area contributed by atoms with Crippen molar-refractivity contribution in [1.82, 2.24) is 9.97 Å². The SMILES string of the molecule is COc1cc(/C=C/C(=O)c2ccc3[nH]c(=O)[nH]c3c2)cc(Cl)c1OC(F)F. The molecule has 0 amide bonds. The second-order valence-electron chi connectivity index (χ2n) is 5.45. The Morgan fingerprint density at radius 2 is 1.93 bits per heavy atom. The van der Waals surface area contributed by atoms with Crippen molar-refractivity contribution in [3.63, 3.8) is 0 Å². The number of imidazole rings is 1. The van der Waals surface area contributed by atoms with Crippen molar-refractivity contribution in [3.05, 3.63) is 63.0 Å². The lowest BCUT2D eigenvalue weighted by Gasteiger charge is -2.12. The molecule has 0 radical (unpaired) electrons. The number of halogens is 3. The van der Waals surface area contributed by atoms with Crippen LogP contribution in [0.3, 0.4) is 0 Å². The average molecular weight is 395 g/mol. The Morgan fingerprint density at radius 1 is 1.19 bits per heavy atom. The monoisotopic (exact) mass is 394 g/mol. The summed E-state index contributed by atoms with van der Waals surface area (Å²) in [4.78, 5) is 28.8. The number of allylic oxidation sites excluding steroid dienone is 1. The van der Waals surface area contributed by atoms with Gasteiger partial charge in [-0.25, -0.2) is 4.79 Å². The number of ether oxygens (including phenoxy) is 2. The third kappa shape index (κ3) is 4.17. The summed E-state index contributed by atoms with van der Waals surface area (Å²) in [5.74, 6) is -0.581. The summed E-state index contributed by atoms with van der Waals surface area (Å²) in [5.41, 5.74) is 1.56. The maximum absolute atomic E-state index is 12.5. The topological polar surface area (TPSA) is 84.2 Å². The predicted molar refractivity (Wildman–Crippen MR) is 96.9 cm³/mol. The Kier molecular flexibility index (Phi) is 5.27. The predicted octanol–water partition coefficient (Wildman–Crippen LogP) is 4.02. The molecular weight excluding hydrogens is 382 g/mol. The van der Waals surface area contributed by atoms with Crippen LogP contribution >= 0.6 is 11.6 Å². The first kappa shape index (κ1) is 18.7. The van der Waals surface area contributed by atoms with Crippen LogP contribution in [0.5, 0.6) is 11.5 Å².